The number of carbonyl (C=O) groups is 2. The highest BCUT2D eigenvalue weighted by atomic mass is 19.1. The molecule has 0 heterocycles. The molecular weight excluding hydrogens is 317 g/mol. The van der Waals surface area contributed by atoms with Gasteiger partial charge in [-0.25, -0.2) is 4.39 Å². The standard InChI is InChI=1S/C21H18FNO2/c1-13-4-2-3-5-15(13)8-17(24)10-21(25)19-9-16(12-23)18(11-20(19)22)14-6-7-14/h2-5,9,11,14H,6-8,10H2,1H3. The number of ketones is 2. The molecule has 0 bridgehead atoms. The minimum atomic E-state index is -0.644. The molecule has 3 rings (SSSR count). The predicted molar refractivity (Wildman–Crippen MR) is 91.9 cm³/mol. The Balaban J connectivity index is 1.76. The topological polar surface area (TPSA) is 57.9 Å². The molecule has 126 valence electrons. The maximum absolute atomic E-state index is 14.3. The number of Topliss-reactive ketones (excluding diaryl/α,β-unsaturated/α-hetero) is 2. The van der Waals surface area contributed by atoms with Gasteiger partial charge >= 0.3 is 0 Å². The summed E-state index contributed by atoms with van der Waals surface area (Å²) in [6.07, 6.45) is 1.66. The zero-order valence-corrected chi connectivity index (χ0v) is 14.0. The van der Waals surface area contributed by atoms with Crippen LogP contribution in [-0.4, -0.2) is 11.6 Å². The molecule has 1 fully saturated rings. The highest BCUT2D eigenvalue weighted by molar-refractivity contribution is 6.08. The Bertz CT molecular complexity index is 891. The lowest BCUT2D eigenvalue weighted by molar-refractivity contribution is -0.117. The van der Waals surface area contributed by atoms with E-state index in [1.54, 1.807) is 0 Å². The summed E-state index contributed by atoms with van der Waals surface area (Å²) in [6.45, 7) is 1.90. The largest absolute Gasteiger partial charge is 0.299 e. The highest BCUT2D eigenvalue weighted by Crippen LogP contribution is 2.42. The highest BCUT2D eigenvalue weighted by Gasteiger charge is 2.28. The van der Waals surface area contributed by atoms with Crippen molar-refractivity contribution in [3.05, 3.63) is 70.0 Å². The van der Waals surface area contributed by atoms with E-state index < -0.39 is 11.6 Å². The second-order valence-electron chi connectivity index (χ2n) is 6.55. The summed E-state index contributed by atoms with van der Waals surface area (Å²) in [7, 11) is 0. The maximum Gasteiger partial charge on any atom is 0.173 e. The molecule has 0 N–H and O–H groups in total. The van der Waals surface area contributed by atoms with E-state index >= 15 is 0 Å². The summed E-state index contributed by atoms with van der Waals surface area (Å²) in [5.74, 6) is -1.26. The average Bonchev–Trinajstić information content (AvgIpc) is 3.41. The fourth-order valence-corrected chi connectivity index (χ4v) is 2.99. The van der Waals surface area contributed by atoms with E-state index in [-0.39, 0.29) is 30.1 Å². The van der Waals surface area contributed by atoms with Crippen molar-refractivity contribution in [2.24, 2.45) is 0 Å². The van der Waals surface area contributed by atoms with E-state index in [1.165, 1.54) is 12.1 Å². The van der Waals surface area contributed by atoms with E-state index in [0.29, 0.717) is 11.1 Å². The van der Waals surface area contributed by atoms with Crippen LogP contribution in [0, 0.1) is 24.1 Å². The van der Waals surface area contributed by atoms with Crippen LogP contribution in [0.1, 0.15) is 57.8 Å². The van der Waals surface area contributed by atoms with Gasteiger partial charge in [-0.3, -0.25) is 9.59 Å². The summed E-state index contributed by atoms with van der Waals surface area (Å²) in [6, 6.07) is 12.1. The van der Waals surface area contributed by atoms with E-state index in [4.69, 9.17) is 0 Å². The van der Waals surface area contributed by atoms with Gasteiger partial charge in [-0.15, -0.1) is 0 Å². The van der Waals surface area contributed by atoms with Gasteiger partial charge in [0.05, 0.1) is 23.6 Å². The Morgan fingerprint density at radius 2 is 1.96 bits per heavy atom. The molecule has 0 saturated heterocycles. The number of halogens is 1. The number of hydrogen-bond donors (Lipinski definition) is 0. The van der Waals surface area contributed by atoms with Crippen molar-refractivity contribution < 1.29 is 14.0 Å². The zero-order chi connectivity index (χ0) is 18.0. The molecule has 2 aromatic rings. The third-order valence-corrected chi connectivity index (χ3v) is 4.58. The molecule has 0 radical (unpaired) electrons. The summed E-state index contributed by atoms with van der Waals surface area (Å²) in [4.78, 5) is 24.5. The van der Waals surface area contributed by atoms with E-state index in [2.05, 4.69) is 0 Å². The van der Waals surface area contributed by atoms with Crippen LogP contribution in [0.2, 0.25) is 0 Å². The smallest absolute Gasteiger partial charge is 0.173 e. The van der Waals surface area contributed by atoms with Gasteiger partial charge in [-0.1, -0.05) is 24.3 Å². The summed E-state index contributed by atoms with van der Waals surface area (Å²) < 4.78 is 14.3. The van der Waals surface area contributed by atoms with Gasteiger partial charge in [0.2, 0.25) is 0 Å². The molecule has 0 aliphatic heterocycles. The Morgan fingerprint density at radius 1 is 1.24 bits per heavy atom. The molecule has 0 spiro atoms. The lowest BCUT2D eigenvalue weighted by atomic mass is 9.95. The van der Waals surface area contributed by atoms with Gasteiger partial charge in [0, 0.05) is 6.42 Å². The third-order valence-electron chi connectivity index (χ3n) is 4.58. The Hall–Kier alpha value is -2.80. The quantitative estimate of drug-likeness (QED) is 0.585. The molecule has 25 heavy (non-hydrogen) atoms. The lowest BCUT2D eigenvalue weighted by Gasteiger charge is -2.08. The second kappa shape index (κ2) is 6.98. The van der Waals surface area contributed by atoms with Gasteiger partial charge in [-0.2, -0.15) is 5.26 Å². The number of rotatable bonds is 6. The molecule has 3 nitrogen and oxygen atoms in total. The van der Waals surface area contributed by atoms with Crippen LogP contribution in [0.15, 0.2) is 36.4 Å². The molecule has 2 aromatic carbocycles. The van der Waals surface area contributed by atoms with Crippen molar-refractivity contribution >= 4 is 11.6 Å². The first-order valence-corrected chi connectivity index (χ1v) is 8.32. The van der Waals surface area contributed by atoms with Gasteiger partial charge in [0.15, 0.2) is 5.78 Å². The monoisotopic (exact) mass is 335 g/mol. The van der Waals surface area contributed by atoms with Crippen LogP contribution in [0.25, 0.3) is 0 Å². The SMILES string of the molecule is Cc1ccccc1CC(=O)CC(=O)c1cc(C#N)c(C2CC2)cc1F. The number of nitriles is 1. The zero-order valence-electron chi connectivity index (χ0n) is 14.0. The number of hydrogen-bond acceptors (Lipinski definition) is 3. The molecule has 0 aromatic heterocycles. The van der Waals surface area contributed by atoms with Crippen molar-refractivity contribution in [1.82, 2.24) is 0 Å². The molecule has 0 atom stereocenters. The fraction of sp³-hybridized carbons (Fsp3) is 0.286. The molecule has 1 aliphatic carbocycles. The number of nitrogens with zero attached hydrogens (tertiary/aromatic N) is 1. The predicted octanol–water partition coefficient (Wildman–Crippen LogP) is 4.27. The van der Waals surface area contributed by atoms with Crippen LogP contribution in [0.4, 0.5) is 4.39 Å². The van der Waals surface area contributed by atoms with Crippen LogP contribution in [0.5, 0.6) is 0 Å². The average molecular weight is 335 g/mol. The Kier molecular flexibility index (Phi) is 4.76. The molecular formula is C21H18FNO2. The van der Waals surface area contributed by atoms with Gasteiger partial charge in [-0.05, 0) is 54.5 Å². The van der Waals surface area contributed by atoms with E-state index in [9.17, 15) is 19.2 Å². The normalized spacial score (nSPS) is 13.3. The number of benzene rings is 2. The molecule has 0 amide bonds. The fourth-order valence-electron chi connectivity index (χ4n) is 2.99. The van der Waals surface area contributed by atoms with E-state index in [0.717, 1.165) is 24.0 Å². The van der Waals surface area contributed by atoms with Crippen LogP contribution >= 0.6 is 0 Å². The van der Waals surface area contributed by atoms with Crippen LogP contribution in [-0.2, 0) is 11.2 Å². The van der Waals surface area contributed by atoms with Crippen molar-refractivity contribution in [2.75, 3.05) is 0 Å². The van der Waals surface area contributed by atoms with E-state index in [1.807, 2.05) is 37.3 Å². The molecule has 4 heteroatoms. The summed E-state index contributed by atoms with van der Waals surface area (Å²) in [5.41, 5.74) is 2.68. The molecule has 0 unspecified atom stereocenters. The van der Waals surface area contributed by atoms with Crippen LogP contribution in [0.3, 0.4) is 0 Å². The third kappa shape index (κ3) is 3.83. The molecule has 1 saturated carbocycles. The first kappa shape index (κ1) is 17.0. The van der Waals surface area contributed by atoms with Gasteiger partial charge in [0.25, 0.3) is 0 Å². The lowest BCUT2D eigenvalue weighted by Crippen LogP contribution is -2.13. The number of aryl methyl sites for hydroxylation is 1. The number of carbonyl (C=O) groups excluding carboxylic acids is 2. The summed E-state index contributed by atoms with van der Waals surface area (Å²) >= 11 is 0. The maximum atomic E-state index is 14.3. The second-order valence-corrected chi connectivity index (χ2v) is 6.55. The summed E-state index contributed by atoms with van der Waals surface area (Å²) in [5, 5.41) is 9.25. The van der Waals surface area contributed by atoms with Crippen molar-refractivity contribution in [1.29, 1.82) is 5.26 Å². The Morgan fingerprint density at radius 3 is 2.60 bits per heavy atom. The van der Waals surface area contributed by atoms with Gasteiger partial charge in [0.1, 0.15) is 11.6 Å². The van der Waals surface area contributed by atoms with Crippen molar-refractivity contribution in [3.8, 4) is 6.07 Å². The molecule has 1 aliphatic rings. The van der Waals surface area contributed by atoms with Crippen LogP contribution < -0.4 is 0 Å². The minimum Gasteiger partial charge on any atom is -0.299 e. The minimum absolute atomic E-state index is 0.144. The van der Waals surface area contributed by atoms with Gasteiger partial charge < -0.3 is 0 Å². The van der Waals surface area contributed by atoms with Crippen molar-refractivity contribution in [2.45, 2.75) is 38.5 Å². The Labute approximate surface area is 146 Å². The first-order valence-electron chi connectivity index (χ1n) is 8.32. The first-order chi connectivity index (χ1) is 12.0. The van der Waals surface area contributed by atoms with Crippen molar-refractivity contribution in [3.63, 3.8) is 0 Å².